The molecule has 0 aliphatic heterocycles. The summed E-state index contributed by atoms with van der Waals surface area (Å²) >= 11 is 2.95. The number of thioether (sulfide) groups is 1. The van der Waals surface area contributed by atoms with Gasteiger partial charge >= 0.3 is 0 Å². The summed E-state index contributed by atoms with van der Waals surface area (Å²) in [5.74, 6) is 1.49. The largest absolute Gasteiger partial charge is 0.496 e. The van der Waals surface area contributed by atoms with E-state index in [1.54, 1.807) is 14.2 Å². The van der Waals surface area contributed by atoms with Gasteiger partial charge in [-0.05, 0) is 19.1 Å². The first-order valence-electron chi connectivity index (χ1n) is 7.42. The average molecular weight is 362 g/mol. The molecule has 2 aromatic heterocycles. The molecule has 0 amide bonds. The molecule has 0 unspecified atom stereocenters. The first-order chi connectivity index (χ1) is 11.6. The van der Waals surface area contributed by atoms with E-state index in [2.05, 4.69) is 9.97 Å². The number of nitrogens with one attached hydrogen (secondary N) is 1. The second-order valence-electron chi connectivity index (χ2n) is 5.25. The van der Waals surface area contributed by atoms with Crippen molar-refractivity contribution >= 4 is 33.3 Å². The number of hydrogen-bond donors (Lipinski definition) is 1. The van der Waals surface area contributed by atoms with Gasteiger partial charge in [0.15, 0.2) is 5.16 Å². The van der Waals surface area contributed by atoms with Gasteiger partial charge in [-0.2, -0.15) is 0 Å². The molecule has 2 heterocycles. The molecule has 0 saturated heterocycles. The maximum Gasteiger partial charge on any atom is 0.260 e. The fourth-order valence-corrected chi connectivity index (χ4v) is 4.21. The zero-order chi connectivity index (χ0) is 17.1. The van der Waals surface area contributed by atoms with Gasteiger partial charge in [-0.3, -0.25) is 4.79 Å². The number of H-pyrrole nitrogens is 1. The number of ether oxygens (including phenoxy) is 2. The number of aromatic nitrogens is 2. The Hall–Kier alpha value is -1.83. The molecule has 1 aromatic carbocycles. The van der Waals surface area contributed by atoms with Crippen molar-refractivity contribution in [3.8, 4) is 16.9 Å². The number of thiophene rings is 1. The number of fused-ring (bicyclic) bond motifs is 1. The highest BCUT2D eigenvalue weighted by Gasteiger charge is 2.16. The summed E-state index contributed by atoms with van der Waals surface area (Å²) in [4.78, 5) is 20.8. The Balaban J connectivity index is 2.08. The second-order valence-corrected chi connectivity index (χ2v) is 7.19. The SMILES string of the molecule is COCCSc1nc2scc(-c3cc(C)ccc3OC)c2c(=O)[nH]1. The van der Waals surface area contributed by atoms with E-state index in [1.165, 1.54) is 23.1 Å². The zero-order valence-corrected chi connectivity index (χ0v) is 15.3. The molecule has 24 heavy (non-hydrogen) atoms. The van der Waals surface area contributed by atoms with Crippen LogP contribution in [0.5, 0.6) is 5.75 Å². The van der Waals surface area contributed by atoms with E-state index in [-0.39, 0.29) is 5.56 Å². The van der Waals surface area contributed by atoms with Gasteiger partial charge in [0.05, 0.1) is 19.1 Å². The molecule has 1 N–H and O–H groups in total. The zero-order valence-electron chi connectivity index (χ0n) is 13.7. The van der Waals surface area contributed by atoms with Crippen molar-refractivity contribution in [2.75, 3.05) is 26.6 Å². The van der Waals surface area contributed by atoms with Crippen molar-refractivity contribution in [3.05, 3.63) is 39.5 Å². The molecular formula is C17H18N2O3S2. The number of methoxy groups -OCH3 is 2. The highest BCUT2D eigenvalue weighted by molar-refractivity contribution is 7.99. The van der Waals surface area contributed by atoms with Crippen molar-refractivity contribution in [1.82, 2.24) is 9.97 Å². The van der Waals surface area contributed by atoms with Crippen molar-refractivity contribution in [1.29, 1.82) is 0 Å². The van der Waals surface area contributed by atoms with Crippen molar-refractivity contribution < 1.29 is 9.47 Å². The number of hydrogen-bond acceptors (Lipinski definition) is 6. The van der Waals surface area contributed by atoms with E-state index in [9.17, 15) is 4.79 Å². The monoisotopic (exact) mass is 362 g/mol. The van der Waals surface area contributed by atoms with Crippen LogP contribution in [-0.4, -0.2) is 36.5 Å². The first kappa shape index (κ1) is 17.0. The van der Waals surface area contributed by atoms with Crippen molar-refractivity contribution in [2.45, 2.75) is 12.1 Å². The molecule has 126 valence electrons. The van der Waals surface area contributed by atoms with Crippen molar-refractivity contribution in [3.63, 3.8) is 0 Å². The third-order valence-electron chi connectivity index (χ3n) is 3.59. The van der Waals surface area contributed by atoms with E-state index in [0.717, 1.165) is 33.0 Å². The summed E-state index contributed by atoms with van der Waals surface area (Å²) in [6.07, 6.45) is 0. The van der Waals surface area contributed by atoms with Crippen LogP contribution >= 0.6 is 23.1 Å². The maximum atomic E-state index is 12.6. The molecule has 7 heteroatoms. The summed E-state index contributed by atoms with van der Waals surface area (Å²) in [6.45, 7) is 2.63. The number of nitrogens with zero attached hydrogens (tertiary/aromatic N) is 1. The highest BCUT2D eigenvalue weighted by atomic mass is 32.2. The van der Waals surface area contributed by atoms with Crippen LogP contribution in [-0.2, 0) is 4.74 Å². The lowest BCUT2D eigenvalue weighted by molar-refractivity contribution is 0.218. The summed E-state index contributed by atoms with van der Waals surface area (Å²) in [6, 6.07) is 5.94. The molecule has 0 aliphatic rings. The molecule has 3 aromatic rings. The summed E-state index contributed by atoms with van der Waals surface area (Å²) in [5.41, 5.74) is 2.76. The summed E-state index contributed by atoms with van der Waals surface area (Å²) in [7, 11) is 3.29. The molecule has 0 spiro atoms. The molecule has 3 rings (SSSR count). The summed E-state index contributed by atoms with van der Waals surface area (Å²) < 4.78 is 10.5. The molecule has 0 radical (unpaired) electrons. The maximum absolute atomic E-state index is 12.6. The minimum atomic E-state index is -0.125. The minimum Gasteiger partial charge on any atom is -0.496 e. The number of benzene rings is 1. The van der Waals surface area contributed by atoms with E-state index in [1.807, 2.05) is 30.5 Å². The Bertz CT molecular complexity index is 918. The predicted molar refractivity (Wildman–Crippen MR) is 99.6 cm³/mol. The van der Waals surface area contributed by atoms with E-state index >= 15 is 0 Å². The van der Waals surface area contributed by atoms with E-state index in [0.29, 0.717) is 17.1 Å². The van der Waals surface area contributed by atoms with Gasteiger partial charge in [-0.15, -0.1) is 11.3 Å². The predicted octanol–water partition coefficient (Wildman–Crippen LogP) is 3.71. The number of aromatic amines is 1. The molecule has 0 atom stereocenters. The molecule has 5 nitrogen and oxygen atoms in total. The lowest BCUT2D eigenvalue weighted by Crippen LogP contribution is -2.09. The van der Waals surface area contributed by atoms with Crippen LogP contribution in [0.1, 0.15) is 5.56 Å². The molecule has 0 saturated carbocycles. The number of rotatable bonds is 6. The topological polar surface area (TPSA) is 64.2 Å². The van der Waals surface area contributed by atoms with Gasteiger partial charge in [0.25, 0.3) is 5.56 Å². The quantitative estimate of drug-likeness (QED) is 0.411. The first-order valence-corrected chi connectivity index (χ1v) is 9.29. The van der Waals surface area contributed by atoms with Crippen LogP contribution in [0, 0.1) is 6.92 Å². The van der Waals surface area contributed by atoms with Gasteiger partial charge in [0.2, 0.25) is 0 Å². The van der Waals surface area contributed by atoms with Gasteiger partial charge in [0.1, 0.15) is 10.6 Å². The lowest BCUT2D eigenvalue weighted by atomic mass is 10.0. The number of aryl methyl sites for hydroxylation is 1. The van der Waals surface area contributed by atoms with Gasteiger partial charge in [-0.25, -0.2) is 4.98 Å². The van der Waals surface area contributed by atoms with E-state index < -0.39 is 0 Å². The van der Waals surface area contributed by atoms with Crippen LogP contribution in [0.4, 0.5) is 0 Å². The Kier molecular flexibility index (Phi) is 5.23. The Morgan fingerprint density at radius 3 is 2.88 bits per heavy atom. The van der Waals surface area contributed by atoms with E-state index in [4.69, 9.17) is 9.47 Å². The van der Waals surface area contributed by atoms with Gasteiger partial charge in [-0.1, -0.05) is 23.4 Å². The van der Waals surface area contributed by atoms with Gasteiger partial charge in [0, 0.05) is 29.4 Å². The Morgan fingerprint density at radius 2 is 2.12 bits per heavy atom. The van der Waals surface area contributed by atoms with Crippen LogP contribution < -0.4 is 10.3 Å². The average Bonchev–Trinajstić information content (AvgIpc) is 2.99. The second kappa shape index (κ2) is 7.38. The molecule has 0 fully saturated rings. The lowest BCUT2D eigenvalue weighted by Gasteiger charge is -2.08. The fourth-order valence-electron chi connectivity index (χ4n) is 2.45. The molecule has 0 aliphatic carbocycles. The smallest absolute Gasteiger partial charge is 0.260 e. The van der Waals surface area contributed by atoms with Crippen LogP contribution in [0.15, 0.2) is 33.5 Å². The molecular weight excluding hydrogens is 344 g/mol. The van der Waals surface area contributed by atoms with Crippen LogP contribution in [0.2, 0.25) is 0 Å². The molecule has 0 bridgehead atoms. The fraction of sp³-hybridized carbons (Fsp3) is 0.294. The van der Waals surface area contributed by atoms with Gasteiger partial charge < -0.3 is 14.5 Å². The minimum absolute atomic E-state index is 0.125. The normalized spacial score (nSPS) is 11.1. The summed E-state index contributed by atoms with van der Waals surface area (Å²) in [5, 5.41) is 3.20. The third kappa shape index (κ3) is 3.33. The van der Waals surface area contributed by atoms with Crippen LogP contribution in [0.3, 0.4) is 0 Å². The van der Waals surface area contributed by atoms with Crippen molar-refractivity contribution in [2.24, 2.45) is 0 Å². The standard InChI is InChI=1S/C17H18N2O3S2/c1-10-4-5-13(22-3)11(8-10)12-9-24-16-14(12)15(20)18-17(19-16)23-7-6-21-2/h4-5,8-9H,6-7H2,1-3H3,(H,18,19,20). The Labute approximate surface area is 148 Å². The highest BCUT2D eigenvalue weighted by Crippen LogP contribution is 2.37. The van der Waals surface area contributed by atoms with Crippen LogP contribution in [0.25, 0.3) is 21.3 Å². The third-order valence-corrected chi connectivity index (χ3v) is 5.30. The Morgan fingerprint density at radius 1 is 1.29 bits per heavy atom.